The van der Waals surface area contributed by atoms with Gasteiger partial charge in [-0.2, -0.15) is 0 Å². The van der Waals surface area contributed by atoms with E-state index in [1.54, 1.807) is 11.3 Å². The first-order valence-corrected chi connectivity index (χ1v) is 9.23. The molecule has 3 heterocycles. The number of nitrogens with zero attached hydrogens (tertiary/aromatic N) is 2. The third-order valence-corrected chi connectivity index (χ3v) is 5.80. The zero-order valence-corrected chi connectivity index (χ0v) is 13.6. The van der Waals surface area contributed by atoms with Gasteiger partial charge in [0.1, 0.15) is 11.1 Å². The molecule has 2 aliphatic heterocycles. The molecule has 3 atom stereocenters. The van der Waals surface area contributed by atoms with Gasteiger partial charge in [-0.1, -0.05) is 0 Å². The molecule has 22 heavy (non-hydrogen) atoms. The maximum absolute atomic E-state index is 12.2. The monoisotopic (exact) mass is 321 g/mol. The lowest BCUT2D eigenvalue weighted by atomic mass is 9.98. The molecule has 4 rings (SSSR count). The van der Waals surface area contributed by atoms with Gasteiger partial charge in [0.25, 0.3) is 0 Å². The van der Waals surface area contributed by atoms with Crippen LogP contribution >= 0.6 is 11.3 Å². The number of carbonyl (C=O) groups excluding carboxylic acids is 1. The Bertz CT molecular complexity index is 517. The molecule has 1 saturated carbocycles. The number of carbonyl (C=O) groups is 1. The second-order valence-corrected chi connectivity index (χ2v) is 7.66. The van der Waals surface area contributed by atoms with E-state index in [-0.39, 0.29) is 18.1 Å². The van der Waals surface area contributed by atoms with Crippen LogP contribution in [0.2, 0.25) is 0 Å². The van der Waals surface area contributed by atoms with Crippen LogP contribution < -0.4 is 5.32 Å². The number of likely N-dealkylation sites (tertiary alicyclic amines) is 1. The number of aromatic nitrogens is 1. The highest BCUT2D eigenvalue weighted by atomic mass is 32.1. The maximum Gasteiger partial charge on any atom is 0.249 e. The third kappa shape index (κ3) is 3.19. The largest absolute Gasteiger partial charge is 0.363 e. The van der Waals surface area contributed by atoms with Gasteiger partial charge in [-0.05, 0) is 38.0 Å². The summed E-state index contributed by atoms with van der Waals surface area (Å²) in [5, 5.41) is 6.26. The Kier molecular flexibility index (Phi) is 4.15. The molecule has 1 aliphatic carbocycles. The Hall–Kier alpha value is -0.980. The maximum atomic E-state index is 12.2. The summed E-state index contributed by atoms with van der Waals surface area (Å²) in [6.45, 7) is 2.80. The lowest BCUT2D eigenvalue weighted by Crippen LogP contribution is -2.47. The van der Waals surface area contributed by atoms with Crippen LogP contribution in [0.4, 0.5) is 0 Å². The van der Waals surface area contributed by atoms with E-state index in [2.05, 4.69) is 15.2 Å². The van der Waals surface area contributed by atoms with Crippen LogP contribution in [0, 0.1) is 5.92 Å². The van der Waals surface area contributed by atoms with E-state index in [9.17, 15) is 4.79 Å². The standard InChI is InChI=1S/C16H23N3O2S/c20-16(18-9-11-1-2-11)14-4-3-12-13(21-14)5-7-19(12)10-15-17-6-8-22-15/h6,8,11-14H,1-5,7,9-10H2,(H,18,20)/t12-,13-,14-/m0/s1. The lowest BCUT2D eigenvalue weighted by molar-refractivity contribution is -0.144. The average Bonchev–Trinajstić information content (AvgIpc) is 3.07. The van der Waals surface area contributed by atoms with Crippen LogP contribution in [0.3, 0.4) is 0 Å². The molecule has 1 N–H and O–H groups in total. The predicted molar refractivity (Wildman–Crippen MR) is 84.6 cm³/mol. The van der Waals surface area contributed by atoms with E-state index in [1.165, 1.54) is 17.8 Å². The van der Waals surface area contributed by atoms with Crippen molar-refractivity contribution in [2.75, 3.05) is 13.1 Å². The molecule has 0 radical (unpaired) electrons. The first kappa shape index (κ1) is 14.6. The Labute approximate surface area is 135 Å². The summed E-state index contributed by atoms with van der Waals surface area (Å²) in [6, 6.07) is 0.455. The van der Waals surface area contributed by atoms with Crippen LogP contribution in [0.1, 0.15) is 37.1 Å². The highest BCUT2D eigenvalue weighted by Gasteiger charge is 2.41. The minimum absolute atomic E-state index is 0.101. The molecule has 1 amide bonds. The summed E-state index contributed by atoms with van der Waals surface area (Å²) in [4.78, 5) is 19.1. The zero-order chi connectivity index (χ0) is 14.9. The second kappa shape index (κ2) is 6.26. The Morgan fingerprint density at radius 2 is 2.27 bits per heavy atom. The van der Waals surface area contributed by atoms with Crippen LogP contribution in [0.5, 0.6) is 0 Å². The lowest BCUT2D eigenvalue weighted by Gasteiger charge is -2.35. The van der Waals surface area contributed by atoms with Gasteiger partial charge in [-0.3, -0.25) is 9.69 Å². The number of hydrogen-bond acceptors (Lipinski definition) is 5. The Morgan fingerprint density at radius 3 is 3.05 bits per heavy atom. The highest BCUT2D eigenvalue weighted by Crippen LogP contribution is 2.33. The molecule has 5 nitrogen and oxygen atoms in total. The number of nitrogens with one attached hydrogen (secondary N) is 1. The fourth-order valence-electron chi connectivity index (χ4n) is 3.59. The number of thiazole rings is 1. The quantitative estimate of drug-likeness (QED) is 0.898. The number of fused-ring (bicyclic) bond motifs is 1. The first-order valence-electron chi connectivity index (χ1n) is 8.35. The molecule has 1 aromatic heterocycles. The van der Waals surface area contributed by atoms with Gasteiger partial charge < -0.3 is 10.1 Å². The SMILES string of the molecule is O=C(NCC1CC1)[C@@H]1CC[C@H]2[C@H](CCN2Cc2nccs2)O1. The van der Waals surface area contributed by atoms with Crippen LogP contribution in [-0.4, -0.2) is 47.1 Å². The van der Waals surface area contributed by atoms with Crippen LogP contribution in [0.25, 0.3) is 0 Å². The molecule has 1 aromatic rings. The number of ether oxygens (including phenoxy) is 1. The van der Waals surface area contributed by atoms with Crippen molar-refractivity contribution in [2.45, 2.75) is 56.9 Å². The van der Waals surface area contributed by atoms with Crippen molar-refractivity contribution in [2.24, 2.45) is 5.92 Å². The average molecular weight is 321 g/mol. The summed E-state index contributed by atoms with van der Waals surface area (Å²) >= 11 is 1.71. The van der Waals surface area contributed by atoms with E-state index in [1.807, 2.05) is 11.6 Å². The second-order valence-electron chi connectivity index (χ2n) is 6.68. The van der Waals surface area contributed by atoms with Crippen molar-refractivity contribution in [1.29, 1.82) is 0 Å². The van der Waals surface area contributed by atoms with Gasteiger partial charge in [0.05, 0.1) is 12.6 Å². The normalized spacial score (nSPS) is 31.9. The molecule has 6 heteroatoms. The molecule has 2 saturated heterocycles. The first-order chi connectivity index (χ1) is 10.8. The van der Waals surface area contributed by atoms with E-state index < -0.39 is 0 Å². The number of rotatable bonds is 5. The minimum Gasteiger partial charge on any atom is -0.363 e. The van der Waals surface area contributed by atoms with Gasteiger partial charge in [0.2, 0.25) is 5.91 Å². The molecule has 0 aromatic carbocycles. The topological polar surface area (TPSA) is 54.5 Å². The number of amides is 1. The Morgan fingerprint density at radius 1 is 1.36 bits per heavy atom. The molecular formula is C16H23N3O2S. The highest BCUT2D eigenvalue weighted by molar-refractivity contribution is 7.09. The van der Waals surface area contributed by atoms with E-state index in [0.29, 0.717) is 6.04 Å². The van der Waals surface area contributed by atoms with Crippen molar-refractivity contribution < 1.29 is 9.53 Å². The van der Waals surface area contributed by atoms with Crippen LogP contribution in [-0.2, 0) is 16.1 Å². The van der Waals surface area contributed by atoms with Gasteiger partial charge in [0, 0.05) is 30.7 Å². The molecule has 0 unspecified atom stereocenters. The minimum atomic E-state index is -0.236. The molecule has 120 valence electrons. The van der Waals surface area contributed by atoms with Crippen molar-refractivity contribution >= 4 is 17.2 Å². The number of hydrogen-bond donors (Lipinski definition) is 1. The van der Waals surface area contributed by atoms with E-state index in [4.69, 9.17) is 4.74 Å². The molecule has 3 aliphatic rings. The molecule has 3 fully saturated rings. The molecule has 0 bridgehead atoms. The third-order valence-electron chi connectivity index (χ3n) is 5.04. The summed E-state index contributed by atoms with van der Waals surface area (Å²) in [5.41, 5.74) is 0. The van der Waals surface area contributed by atoms with Crippen molar-refractivity contribution in [3.05, 3.63) is 16.6 Å². The smallest absolute Gasteiger partial charge is 0.249 e. The predicted octanol–water partition coefficient (Wildman–Crippen LogP) is 1.79. The zero-order valence-electron chi connectivity index (χ0n) is 12.7. The van der Waals surface area contributed by atoms with Crippen molar-refractivity contribution in [3.8, 4) is 0 Å². The summed E-state index contributed by atoms with van der Waals surface area (Å²) in [7, 11) is 0. The van der Waals surface area contributed by atoms with Crippen LogP contribution in [0.15, 0.2) is 11.6 Å². The van der Waals surface area contributed by atoms with Gasteiger partial charge in [-0.25, -0.2) is 4.98 Å². The fraction of sp³-hybridized carbons (Fsp3) is 0.750. The van der Waals surface area contributed by atoms with Crippen molar-refractivity contribution in [3.63, 3.8) is 0 Å². The van der Waals surface area contributed by atoms with Gasteiger partial charge in [-0.15, -0.1) is 11.3 Å². The van der Waals surface area contributed by atoms with Gasteiger partial charge in [0.15, 0.2) is 0 Å². The Balaban J connectivity index is 1.30. The van der Waals surface area contributed by atoms with E-state index >= 15 is 0 Å². The summed E-state index contributed by atoms with van der Waals surface area (Å²) in [5.74, 6) is 0.823. The molecular weight excluding hydrogens is 298 g/mol. The summed E-state index contributed by atoms with van der Waals surface area (Å²) < 4.78 is 6.10. The summed E-state index contributed by atoms with van der Waals surface area (Å²) in [6.07, 6.45) is 7.30. The van der Waals surface area contributed by atoms with Crippen molar-refractivity contribution in [1.82, 2.24) is 15.2 Å². The molecule has 0 spiro atoms. The van der Waals surface area contributed by atoms with E-state index in [0.717, 1.165) is 44.8 Å². The van der Waals surface area contributed by atoms with Gasteiger partial charge >= 0.3 is 0 Å². The fourth-order valence-corrected chi connectivity index (χ4v) is 4.23.